The van der Waals surface area contributed by atoms with Crippen molar-refractivity contribution in [3.63, 3.8) is 0 Å². The fourth-order valence-corrected chi connectivity index (χ4v) is 0.820. The van der Waals surface area contributed by atoms with E-state index in [2.05, 4.69) is 11.9 Å². The van der Waals surface area contributed by atoms with E-state index in [-0.39, 0.29) is 12.5 Å². The number of hydrogen-bond donors (Lipinski definition) is 3. The fraction of sp³-hybridized carbons (Fsp3) is 0.700. The van der Waals surface area contributed by atoms with Crippen molar-refractivity contribution in [3.8, 4) is 0 Å². The van der Waals surface area contributed by atoms with Crippen molar-refractivity contribution in [2.24, 2.45) is 5.73 Å². The van der Waals surface area contributed by atoms with Gasteiger partial charge in [0.05, 0.1) is 11.6 Å². The minimum Gasteiger partial charge on any atom is -0.388 e. The van der Waals surface area contributed by atoms with Crippen LogP contribution in [0.1, 0.15) is 26.7 Å². The Morgan fingerprint density at radius 3 is 2.79 bits per heavy atom. The normalized spacial score (nSPS) is 16.9. The third-order valence-electron chi connectivity index (χ3n) is 2.16. The van der Waals surface area contributed by atoms with Gasteiger partial charge in [-0.05, 0) is 19.8 Å². The predicted octanol–water partition coefficient (Wildman–Crippen LogP) is 0.167. The molecule has 0 bridgehead atoms. The number of nitrogens with one attached hydrogen (secondary N) is 1. The van der Waals surface area contributed by atoms with Crippen molar-refractivity contribution < 1.29 is 9.90 Å². The second-order valence-corrected chi connectivity index (χ2v) is 3.70. The number of nitrogens with two attached hydrogens (primary N) is 1. The van der Waals surface area contributed by atoms with Crippen molar-refractivity contribution >= 4 is 5.91 Å². The van der Waals surface area contributed by atoms with Crippen LogP contribution in [0.2, 0.25) is 0 Å². The number of rotatable bonds is 6. The summed E-state index contributed by atoms with van der Waals surface area (Å²) in [6, 6.07) is -0.569. The lowest BCUT2D eigenvalue weighted by atomic mass is 10.0. The highest BCUT2D eigenvalue weighted by molar-refractivity contribution is 5.81. The van der Waals surface area contributed by atoms with Gasteiger partial charge in [0, 0.05) is 6.54 Å². The van der Waals surface area contributed by atoms with Crippen LogP contribution in [-0.4, -0.2) is 29.2 Å². The average Bonchev–Trinajstić information content (AvgIpc) is 2.15. The number of carbonyl (C=O) groups excluding carboxylic acids is 1. The maximum Gasteiger partial charge on any atom is 0.237 e. The molecule has 0 aliphatic rings. The van der Waals surface area contributed by atoms with Crippen molar-refractivity contribution in [2.45, 2.75) is 38.3 Å². The molecular weight excluding hydrogens is 180 g/mol. The Labute approximate surface area is 85.2 Å². The second kappa shape index (κ2) is 5.78. The van der Waals surface area contributed by atoms with E-state index < -0.39 is 11.6 Å². The van der Waals surface area contributed by atoms with Crippen LogP contribution in [0.3, 0.4) is 0 Å². The molecule has 0 aromatic heterocycles. The third kappa shape index (κ3) is 4.99. The van der Waals surface area contributed by atoms with Gasteiger partial charge in [-0.3, -0.25) is 4.79 Å². The first kappa shape index (κ1) is 13.1. The van der Waals surface area contributed by atoms with E-state index in [0.717, 1.165) is 0 Å². The van der Waals surface area contributed by atoms with Crippen LogP contribution in [0, 0.1) is 0 Å². The number of carbonyl (C=O) groups is 1. The number of amides is 1. The van der Waals surface area contributed by atoms with Gasteiger partial charge in [0.1, 0.15) is 0 Å². The number of aliphatic hydroxyl groups is 1. The van der Waals surface area contributed by atoms with Crippen molar-refractivity contribution in [3.05, 3.63) is 12.7 Å². The zero-order valence-corrected chi connectivity index (χ0v) is 8.92. The smallest absolute Gasteiger partial charge is 0.237 e. The second-order valence-electron chi connectivity index (χ2n) is 3.70. The summed E-state index contributed by atoms with van der Waals surface area (Å²) in [6.45, 7) is 7.26. The molecule has 2 atom stereocenters. The molecule has 0 radical (unpaired) electrons. The third-order valence-corrected chi connectivity index (χ3v) is 2.16. The van der Waals surface area contributed by atoms with Gasteiger partial charge in [0.15, 0.2) is 0 Å². The van der Waals surface area contributed by atoms with E-state index >= 15 is 0 Å². The largest absolute Gasteiger partial charge is 0.388 e. The van der Waals surface area contributed by atoms with Crippen LogP contribution in [0.15, 0.2) is 12.7 Å². The molecule has 0 heterocycles. The highest BCUT2D eigenvalue weighted by Crippen LogP contribution is 2.05. The SMILES string of the molecule is C=CCC(N)C(=O)NCC(C)(O)CC. The Bertz CT molecular complexity index is 202. The summed E-state index contributed by atoms with van der Waals surface area (Å²) in [7, 11) is 0. The van der Waals surface area contributed by atoms with Crippen LogP contribution in [0.5, 0.6) is 0 Å². The van der Waals surface area contributed by atoms with Crippen LogP contribution in [-0.2, 0) is 4.79 Å². The van der Waals surface area contributed by atoms with Gasteiger partial charge in [-0.15, -0.1) is 6.58 Å². The molecule has 0 rings (SSSR count). The van der Waals surface area contributed by atoms with E-state index in [1.54, 1.807) is 13.0 Å². The molecular formula is C10H20N2O2. The molecule has 4 heteroatoms. The van der Waals surface area contributed by atoms with Gasteiger partial charge < -0.3 is 16.2 Å². The van der Waals surface area contributed by atoms with E-state index in [0.29, 0.717) is 12.8 Å². The van der Waals surface area contributed by atoms with Gasteiger partial charge in [0.25, 0.3) is 0 Å². The van der Waals surface area contributed by atoms with Crippen LogP contribution < -0.4 is 11.1 Å². The highest BCUT2D eigenvalue weighted by atomic mass is 16.3. The zero-order valence-electron chi connectivity index (χ0n) is 8.92. The molecule has 0 aliphatic heterocycles. The van der Waals surface area contributed by atoms with Crippen LogP contribution in [0.25, 0.3) is 0 Å². The summed E-state index contributed by atoms with van der Waals surface area (Å²) < 4.78 is 0. The minimum absolute atomic E-state index is 0.229. The van der Waals surface area contributed by atoms with Crippen LogP contribution in [0.4, 0.5) is 0 Å². The Balaban J connectivity index is 3.90. The van der Waals surface area contributed by atoms with Gasteiger partial charge in [-0.2, -0.15) is 0 Å². The molecule has 0 saturated carbocycles. The van der Waals surface area contributed by atoms with Crippen LogP contribution >= 0.6 is 0 Å². The quantitative estimate of drug-likeness (QED) is 0.535. The van der Waals surface area contributed by atoms with E-state index in [1.807, 2.05) is 6.92 Å². The molecule has 0 aromatic carbocycles. The lowest BCUT2D eigenvalue weighted by molar-refractivity contribution is -0.123. The van der Waals surface area contributed by atoms with E-state index in [4.69, 9.17) is 5.73 Å². The maximum atomic E-state index is 11.3. The maximum absolute atomic E-state index is 11.3. The predicted molar refractivity (Wildman–Crippen MR) is 56.7 cm³/mol. The number of hydrogen-bond acceptors (Lipinski definition) is 3. The summed E-state index contributed by atoms with van der Waals surface area (Å²) in [5.41, 5.74) is 4.68. The van der Waals surface area contributed by atoms with Crippen molar-refractivity contribution in [2.75, 3.05) is 6.54 Å². The molecule has 2 unspecified atom stereocenters. The Morgan fingerprint density at radius 1 is 1.79 bits per heavy atom. The Hall–Kier alpha value is -0.870. The lowest BCUT2D eigenvalue weighted by Gasteiger charge is -2.22. The Kier molecular flexibility index (Phi) is 5.42. The van der Waals surface area contributed by atoms with Gasteiger partial charge in [-0.25, -0.2) is 0 Å². The van der Waals surface area contributed by atoms with E-state index in [9.17, 15) is 9.90 Å². The zero-order chi connectivity index (χ0) is 11.2. The topological polar surface area (TPSA) is 75.4 Å². The average molecular weight is 200 g/mol. The monoisotopic (exact) mass is 200 g/mol. The molecule has 0 spiro atoms. The molecule has 4 N–H and O–H groups in total. The first-order chi connectivity index (χ1) is 6.43. The summed E-state index contributed by atoms with van der Waals surface area (Å²) in [4.78, 5) is 11.3. The molecule has 1 amide bonds. The molecule has 14 heavy (non-hydrogen) atoms. The first-order valence-electron chi connectivity index (χ1n) is 4.79. The standard InChI is InChI=1S/C10H20N2O2/c1-4-6-8(11)9(13)12-7-10(3,14)5-2/h4,8,14H,1,5-7,11H2,2-3H3,(H,12,13). The summed E-state index contributed by atoms with van der Waals surface area (Å²) in [5, 5.41) is 12.2. The van der Waals surface area contributed by atoms with Crippen molar-refractivity contribution in [1.82, 2.24) is 5.32 Å². The Morgan fingerprint density at radius 2 is 2.36 bits per heavy atom. The minimum atomic E-state index is -0.858. The summed E-state index contributed by atoms with van der Waals surface area (Å²) in [6.07, 6.45) is 2.63. The van der Waals surface area contributed by atoms with Crippen molar-refractivity contribution in [1.29, 1.82) is 0 Å². The fourth-order valence-electron chi connectivity index (χ4n) is 0.820. The molecule has 4 nitrogen and oxygen atoms in total. The lowest BCUT2D eigenvalue weighted by Crippen LogP contribution is -2.46. The van der Waals surface area contributed by atoms with Gasteiger partial charge in [0.2, 0.25) is 5.91 Å². The van der Waals surface area contributed by atoms with Gasteiger partial charge >= 0.3 is 0 Å². The molecule has 0 fully saturated rings. The summed E-state index contributed by atoms with van der Waals surface area (Å²) in [5.74, 6) is -0.251. The van der Waals surface area contributed by atoms with E-state index in [1.165, 1.54) is 0 Å². The summed E-state index contributed by atoms with van der Waals surface area (Å²) >= 11 is 0. The molecule has 0 aliphatic carbocycles. The first-order valence-corrected chi connectivity index (χ1v) is 4.79. The highest BCUT2D eigenvalue weighted by Gasteiger charge is 2.20. The molecule has 0 saturated heterocycles. The molecule has 82 valence electrons. The van der Waals surface area contributed by atoms with Gasteiger partial charge in [-0.1, -0.05) is 13.0 Å². The molecule has 0 aromatic rings.